The van der Waals surface area contributed by atoms with Gasteiger partial charge in [0.15, 0.2) is 5.65 Å². The number of hydrogen-bond acceptors (Lipinski definition) is 3. The zero-order chi connectivity index (χ0) is 16.7. The first-order valence-corrected chi connectivity index (χ1v) is 8.20. The summed E-state index contributed by atoms with van der Waals surface area (Å²) in [6.07, 6.45) is 2.32. The van der Waals surface area contributed by atoms with Crippen molar-refractivity contribution in [1.82, 2.24) is 19.7 Å². The summed E-state index contributed by atoms with van der Waals surface area (Å²) >= 11 is 0. The number of nitrogens with zero attached hydrogens (tertiary/aromatic N) is 4. The Morgan fingerprint density at radius 3 is 2.74 bits per heavy atom. The van der Waals surface area contributed by atoms with Gasteiger partial charge in [-0.1, -0.05) is 12.2 Å². The minimum Gasteiger partial charge on any atom is -0.335 e. The number of fused-ring (bicyclic) bond motifs is 1. The van der Waals surface area contributed by atoms with E-state index in [0.717, 1.165) is 46.4 Å². The van der Waals surface area contributed by atoms with Crippen LogP contribution in [0.25, 0.3) is 11.0 Å². The third-order valence-corrected chi connectivity index (χ3v) is 4.34. The van der Waals surface area contributed by atoms with Gasteiger partial charge in [0.1, 0.15) is 0 Å². The number of likely N-dealkylation sites (N-methyl/N-ethyl adjacent to an activating group) is 1. The number of aromatic nitrogens is 3. The molecule has 0 N–H and O–H groups in total. The average molecular weight is 312 g/mol. The first-order valence-electron chi connectivity index (χ1n) is 8.20. The van der Waals surface area contributed by atoms with Gasteiger partial charge in [-0.05, 0) is 39.7 Å². The first kappa shape index (κ1) is 15.7. The molecule has 0 aliphatic heterocycles. The lowest BCUT2D eigenvalue weighted by Crippen LogP contribution is -2.32. The summed E-state index contributed by atoms with van der Waals surface area (Å²) in [6, 6.07) is 1.98. The molecule has 23 heavy (non-hydrogen) atoms. The van der Waals surface area contributed by atoms with Crippen LogP contribution in [-0.2, 0) is 7.05 Å². The Morgan fingerprint density at radius 1 is 1.48 bits per heavy atom. The van der Waals surface area contributed by atoms with Crippen LogP contribution >= 0.6 is 0 Å². The molecule has 0 aromatic carbocycles. The van der Waals surface area contributed by atoms with E-state index in [1.54, 1.807) is 4.68 Å². The molecule has 0 radical (unpaired) electrons. The van der Waals surface area contributed by atoms with Crippen molar-refractivity contribution in [2.24, 2.45) is 7.05 Å². The Kier molecular flexibility index (Phi) is 3.96. The van der Waals surface area contributed by atoms with Crippen LogP contribution in [0.1, 0.15) is 54.4 Å². The van der Waals surface area contributed by atoms with Crippen molar-refractivity contribution in [3.63, 3.8) is 0 Å². The molecule has 0 spiro atoms. The molecule has 2 aromatic heterocycles. The van der Waals surface area contributed by atoms with E-state index in [4.69, 9.17) is 4.98 Å². The van der Waals surface area contributed by atoms with Crippen molar-refractivity contribution in [1.29, 1.82) is 0 Å². The quantitative estimate of drug-likeness (QED) is 0.797. The van der Waals surface area contributed by atoms with Crippen LogP contribution in [-0.4, -0.2) is 38.7 Å². The maximum absolute atomic E-state index is 13.1. The molecule has 2 heterocycles. The van der Waals surface area contributed by atoms with E-state index in [0.29, 0.717) is 19.0 Å². The van der Waals surface area contributed by atoms with E-state index in [1.807, 2.05) is 38.8 Å². The lowest BCUT2D eigenvalue weighted by atomic mass is 10.1. The van der Waals surface area contributed by atoms with Crippen molar-refractivity contribution < 1.29 is 4.79 Å². The van der Waals surface area contributed by atoms with Gasteiger partial charge in [-0.2, -0.15) is 5.10 Å². The molecule has 0 atom stereocenters. The number of rotatable bonds is 5. The van der Waals surface area contributed by atoms with Crippen LogP contribution in [0.2, 0.25) is 0 Å². The summed E-state index contributed by atoms with van der Waals surface area (Å²) in [5.41, 5.74) is 4.39. The van der Waals surface area contributed by atoms with Gasteiger partial charge >= 0.3 is 0 Å². The third-order valence-electron chi connectivity index (χ3n) is 4.34. The highest BCUT2D eigenvalue weighted by atomic mass is 16.2. The first-order chi connectivity index (χ1) is 10.9. The van der Waals surface area contributed by atoms with Gasteiger partial charge in [-0.15, -0.1) is 0 Å². The maximum Gasteiger partial charge on any atom is 0.255 e. The molecule has 1 saturated carbocycles. The molecule has 5 nitrogen and oxygen atoms in total. The minimum absolute atomic E-state index is 0.0425. The Labute approximate surface area is 137 Å². The molecular weight excluding hydrogens is 288 g/mol. The van der Waals surface area contributed by atoms with E-state index >= 15 is 0 Å². The van der Waals surface area contributed by atoms with Crippen molar-refractivity contribution >= 4 is 16.9 Å². The van der Waals surface area contributed by atoms with Crippen LogP contribution in [0, 0.1) is 6.92 Å². The van der Waals surface area contributed by atoms with Crippen LogP contribution in [0.5, 0.6) is 0 Å². The molecule has 1 amide bonds. The fourth-order valence-electron chi connectivity index (χ4n) is 3.04. The molecular formula is C18H24N4O. The third kappa shape index (κ3) is 2.87. The summed E-state index contributed by atoms with van der Waals surface area (Å²) in [5.74, 6) is 0.540. The van der Waals surface area contributed by atoms with Crippen LogP contribution in [0.4, 0.5) is 0 Å². The summed E-state index contributed by atoms with van der Waals surface area (Å²) in [4.78, 5) is 19.7. The topological polar surface area (TPSA) is 51.0 Å². The highest BCUT2D eigenvalue weighted by molar-refractivity contribution is 6.06. The second kappa shape index (κ2) is 5.80. The zero-order valence-corrected chi connectivity index (χ0v) is 14.4. The predicted molar refractivity (Wildman–Crippen MR) is 91.6 cm³/mol. The van der Waals surface area contributed by atoms with E-state index < -0.39 is 0 Å². The summed E-state index contributed by atoms with van der Waals surface area (Å²) in [7, 11) is 1.89. The maximum atomic E-state index is 13.1. The Morgan fingerprint density at radius 2 is 2.17 bits per heavy atom. The molecule has 1 aliphatic carbocycles. The summed E-state index contributed by atoms with van der Waals surface area (Å²) in [5, 5.41) is 5.34. The number of aryl methyl sites for hydroxylation is 2. The summed E-state index contributed by atoms with van der Waals surface area (Å²) < 4.78 is 1.78. The molecule has 5 heteroatoms. The van der Waals surface area contributed by atoms with E-state index in [-0.39, 0.29) is 5.91 Å². The molecule has 1 aliphatic rings. The second-order valence-corrected chi connectivity index (χ2v) is 6.55. The molecule has 122 valence electrons. The van der Waals surface area contributed by atoms with Crippen molar-refractivity contribution in [2.75, 3.05) is 13.1 Å². The van der Waals surface area contributed by atoms with E-state index in [2.05, 4.69) is 11.7 Å². The number of pyridine rings is 1. The number of hydrogen-bond donors (Lipinski definition) is 0. The lowest BCUT2D eigenvalue weighted by Gasteiger charge is -2.21. The smallest absolute Gasteiger partial charge is 0.255 e. The fourth-order valence-corrected chi connectivity index (χ4v) is 3.04. The minimum atomic E-state index is 0.0425. The molecule has 0 unspecified atom stereocenters. The standard InChI is InChI=1S/C18H24N4O/c1-6-22(10-11(2)3)18(23)14-9-15(13-7-8-13)19-17-16(14)12(4)20-21(17)5/h9,13H,2,6-8,10H2,1,3-5H3. The van der Waals surface area contributed by atoms with Crippen LogP contribution in [0.15, 0.2) is 18.2 Å². The number of carbonyl (C=O) groups is 1. The Balaban J connectivity index is 2.14. The predicted octanol–water partition coefficient (Wildman–Crippen LogP) is 3.19. The second-order valence-electron chi connectivity index (χ2n) is 6.55. The Hall–Kier alpha value is -2.17. The van der Waals surface area contributed by atoms with Gasteiger partial charge < -0.3 is 4.90 Å². The number of amides is 1. The van der Waals surface area contributed by atoms with Crippen molar-refractivity contribution in [2.45, 2.75) is 39.5 Å². The molecule has 3 rings (SSSR count). The molecule has 2 aromatic rings. The normalized spacial score (nSPS) is 14.3. The van der Waals surface area contributed by atoms with Crippen LogP contribution < -0.4 is 0 Å². The van der Waals surface area contributed by atoms with Crippen molar-refractivity contribution in [3.8, 4) is 0 Å². The largest absolute Gasteiger partial charge is 0.335 e. The highest BCUT2D eigenvalue weighted by Gasteiger charge is 2.29. The SMILES string of the molecule is C=C(C)CN(CC)C(=O)c1cc(C2CC2)nc2c1c(C)nn2C. The average Bonchev–Trinajstić information content (AvgIpc) is 3.31. The number of carbonyl (C=O) groups excluding carboxylic acids is 1. The van der Waals surface area contributed by atoms with Crippen LogP contribution in [0.3, 0.4) is 0 Å². The van der Waals surface area contributed by atoms with E-state index in [9.17, 15) is 4.79 Å². The van der Waals surface area contributed by atoms with Gasteiger partial charge in [-0.3, -0.25) is 9.48 Å². The van der Waals surface area contributed by atoms with Crippen molar-refractivity contribution in [3.05, 3.63) is 35.2 Å². The Bertz CT molecular complexity index is 786. The monoisotopic (exact) mass is 312 g/mol. The fraction of sp³-hybridized carbons (Fsp3) is 0.500. The molecule has 1 fully saturated rings. The van der Waals surface area contributed by atoms with Gasteiger partial charge in [0.05, 0.1) is 16.6 Å². The lowest BCUT2D eigenvalue weighted by molar-refractivity contribution is 0.0780. The van der Waals surface area contributed by atoms with Gasteiger partial charge in [0.25, 0.3) is 5.91 Å². The van der Waals surface area contributed by atoms with Gasteiger partial charge in [-0.25, -0.2) is 4.98 Å². The van der Waals surface area contributed by atoms with E-state index in [1.165, 1.54) is 0 Å². The highest BCUT2D eigenvalue weighted by Crippen LogP contribution is 2.40. The zero-order valence-electron chi connectivity index (χ0n) is 14.4. The summed E-state index contributed by atoms with van der Waals surface area (Å²) in [6.45, 7) is 11.1. The van der Waals surface area contributed by atoms with Gasteiger partial charge in [0.2, 0.25) is 0 Å². The molecule has 0 saturated heterocycles. The van der Waals surface area contributed by atoms with Gasteiger partial charge in [0, 0.05) is 31.7 Å². The molecule has 0 bridgehead atoms.